The van der Waals surface area contributed by atoms with E-state index in [1.54, 1.807) is 0 Å². The summed E-state index contributed by atoms with van der Waals surface area (Å²) < 4.78 is 37.9. The molecule has 14 heavy (non-hydrogen) atoms. The average molecular weight is 204 g/mol. The largest absolute Gasteiger partial charge is 0.505 e. The van der Waals surface area contributed by atoms with Gasteiger partial charge in [0.25, 0.3) is 0 Å². The van der Waals surface area contributed by atoms with Crippen molar-refractivity contribution in [2.45, 2.75) is 13.3 Å². The van der Waals surface area contributed by atoms with E-state index in [-0.39, 0.29) is 17.8 Å². The van der Waals surface area contributed by atoms with Gasteiger partial charge in [0, 0.05) is 12.0 Å². The molecule has 0 aliphatic rings. The number of rotatable bonds is 2. The van der Waals surface area contributed by atoms with Crippen molar-refractivity contribution in [2.75, 3.05) is 0 Å². The summed E-state index contributed by atoms with van der Waals surface area (Å²) in [5, 5.41) is 9.02. The van der Waals surface area contributed by atoms with Crippen LogP contribution in [-0.4, -0.2) is 10.9 Å². The molecular formula is C9H7F3O2. The second kappa shape index (κ2) is 3.69. The van der Waals surface area contributed by atoms with Crippen LogP contribution in [0, 0.1) is 17.5 Å². The molecule has 0 aromatic heterocycles. The molecule has 0 unspecified atom stereocenters. The Kier molecular flexibility index (Phi) is 2.78. The van der Waals surface area contributed by atoms with E-state index < -0.39 is 23.2 Å². The number of hydrogen-bond acceptors (Lipinski definition) is 2. The minimum atomic E-state index is -1.74. The van der Waals surface area contributed by atoms with Gasteiger partial charge in [0.05, 0.1) is 0 Å². The number of phenolic OH excluding ortho intramolecular Hbond substituents is 1. The highest BCUT2D eigenvalue weighted by molar-refractivity contribution is 5.78. The van der Waals surface area contributed by atoms with Crippen LogP contribution in [0.15, 0.2) is 6.07 Å². The molecule has 0 atom stereocenters. The number of hydrogen-bond donors (Lipinski definition) is 1. The van der Waals surface area contributed by atoms with Crippen molar-refractivity contribution in [1.82, 2.24) is 0 Å². The zero-order valence-electron chi connectivity index (χ0n) is 7.27. The summed E-state index contributed by atoms with van der Waals surface area (Å²) in [5.74, 6) is -6.22. The van der Waals surface area contributed by atoms with Gasteiger partial charge in [0.2, 0.25) is 5.82 Å². The normalized spacial score (nSPS) is 10.3. The Bertz CT molecular complexity index is 388. The molecule has 1 N–H and O–H groups in total. The van der Waals surface area contributed by atoms with Gasteiger partial charge < -0.3 is 5.11 Å². The van der Waals surface area contributed by atoms with Crippen molar-refractivity contribution in [3.05, 3.63) is 29.1 Å². The van der Waals surface area contributed by atoms with Crippen LogP contribution in [0.2, 0.25) is 0 Å². The molecule has 76 valence electrons. The van der Waals surface area contributed by atoms with Crippen molar-refractivity contribution in [2.24, 2.45) is 0 Å². The molecule has 0 heterocycles. The summed E-state index contributed by atoms with van der Waals surface area (Å²) in [6, 6.07) is 0.606. The van der Waals surface area contributed by atoms with Gasteiger partial charge in [-0.25, -0.2) is 8.78 Å². The van der Waals surface area contributed by atoms with E-state index in [2.05, 4.69) is 0 Å². The number of ketones is 1. The molecule has 5 heteroatoms. The zero-order valence-corrected chi connectivity index (χ0v) is 7.27. The Hall–Kier alpha value is -1.52. The predicted molar refractivity (Wildman–Crippen MR) is 42.4 cm³/mol. The van der Waals surface area contributed by atoms with Crippen molar-refractivity contribution in [3.8, 4) is 5.75 Å². The number of carbonyl (C=O) groups excluding carboxylic acids is 1. The Morgan fingerprint density at radius 2 is 1.93 bits per heavy atom. The molecule has 0 radical (unpaired) electrons. The molecule has 2 nitrogen and oxygen atoms in total. The fraction of sp³-hybridized carbons (Fsp3) is 0.222. The lowest BCUT2D eigenvalue weighted by atomic mass is 10.1. The van der Waals surface area contributed by atoms with Crippen molar-refractivity contribution < 1.29 is 23.1 Å². The molecular weight excluding hydrogens is 197 g/mol. The van der Waals surface area contributed by atoms with Gasteiger partial charge >= 0.3 is 0 Å². The van der Waals surface area contributed by atoms with Crippen LogP contribution in [0.4, 0.5) is 13.2 Å². The van der Waals surface area contributed by atoms with Crippen molar-refractivity contribution >= 4 is 5.78 Å². The summed E-state index contributed by atoms with van der Waals surface area (Å²) in [6.07, 6.45) is -0.333. The summed E-state index contributed by atoms with van der Waals surface area (Å²) in [5.41, 5.74) is -0.256. The number of carbonyl (C=O) groups is 1. The lowest BCUT2D eigenvalue weighted by molar-refractivity contribution is -0.116. The first-order valence-corrected chi connectivity index (χ1v) is 3.78. The van der Waals surface area contributed by atoms with E-state index in [1.165, 1.54) is 6.92 Å². The predicted octanol–water partition coefficient (Wildman–Crippen LogP) is 1.94. The van der Waals surface area contributed by atoms with Crippen LogP contribution in [0.3, 0.4) is 0 Å². The first kappa shape index (κ1) is 10.6. The SMILES string of the molecule is CC(=O)Cc1cc(F)c(F)c(F)c1O. The van der Waals surface area contributed by atoms with E-state index in [0.29, 0.717) is 6.07 Å². The number of phenols is 1. The summed E-state index contributed by atoms with van der Waals surface area (Å²) >= 11 is 0. The monoisotopic (exact) mass is 204 g/mol. The van der Waals surface area contributed by atoms with Crippen molar-refractivity contribution in [1.29, 1.82) is 0 Å². The van der Waals surface area contributed by atoms with E-state index in [9.17, 15) is 18.0 Å². The molecule has 0 bridgehead atoms. The van der Waals surface area contributed by atoms with Crippen molar-refractivity contribution in [3.63, 3.8) is 0 Å². The Morgan fingerprint density at radius 3 is 2.43 bits per heavy atom. The van der Waals surface area contributed by atoms with Crippen LogP contribution in [0.5, 0.6) is 5.75 Å². The van der Waals surface area contributed by atoms with Gasteiger partial charge in [-0.1, -0.05) is 0 Å². The summed E-state index contributed by atoms with van der Waals surface area (Å²) in [4.78, 5) is 10.6. The van der Waals surface area contributed by atoms with Gasteiger partial charge in [-0.15, -0.1) is 0 Å². The van der Waals surface area contributed by atoms with Crippen LogP contribution >= 0.6 is 0 Å². The molecule has 1 rings (SSSR count). The lowest BCUT2D eigenvalue weighted by Crippen LogP contribution is -2.01. The lowest BCUT2D eigenvalue weighted by Gasteiger charge is -2.04. The molecule has 0 saturated carbocycles. The quantitative estimate of drug-likeness (QED) is 0.747. The average Bonchev–Trinajstić information content (AvgIpc) is 2.10. The van der Waals surface area contributed by atoms with Gasteiger partial charge in [0.15, 0.2) is 17.4 Å². The van der Waals surface area contributed by atoms with E-state index in [0.717, 1.165) is 0 Å². The second-order valence-electron chi connectivity index (χ2n) is 2.87. The molecule has 0 aliphatic heterocycles. The summed E-state index contributed by atoms with van der Waals surface area (Å²) in [7, 11) is 0. The topological polar surface area (TPSA) is 37.3 Å². The molecule has 0 spiro atoms. The Morgan fingerprint density at radius 1 is 1.36 bits per heavy atom. The maximum Gasteiger partial charge on any atom is 0.203 e. The van der Waals surface area contributed by atoms with Crippen LogP contribution in [-0.2, 0) is 11.2 Å². The first-order valence-electron chi connectivity index (χ1n) is 3.78. The minimum absolute atomic E-state index is 0.256. The molecule has 0 fully saturated rings. The van der Waals surface area contributed by atoms with Crippen LogP contribution < -0.4 is 0 Å². The maximum atomic E-state index is 12.7. The van der Waals surface area contributed by atoms with Crippen LogP contribution in [0.25, 0.3) is 0 Å². The number of aromatic hydroxyl groups is 1. The third-order valence-corrected chi connectivity index (χ3v) is 1.65. The molecule has 0 saturated heterocycles. The number of halogens is 3. The molecule has 0 amide bonds. The van der Waals surface area contributed by atoms with Gasteiger partial charge in [0.1, 0.15) is 5.78 Å². The van der Waals surface area contributed by atoms with Gasteiger partial charge in [-0.05, 0) is 13.0 Å². The molecule has 1 aromatic rings. The standard InChI is InChI=1S/C9H7F3O2/c1-4(13)2-5-3-6(10)7(11)8(12)9(5)14/h3,14H,2H2,1H3. The molecule has 1 aromatic carbocycles. The third kappa shape index (κ3) is 1.86. The highest BCUT2D eigenvalue weighted by atomic mass is 19.2. The first-order chi connectivity index (χ1) is 6.43. The Labute approximate surface area is 78.0 Å². The van der Waals surface area contributed by atoms with Gasteiger partial charge in [-0.2, -0.15) is 4.39 Å². The fourth-order valence-corrected chi connectivity index (χ4v) is 1.04. The zero-order chi connectivity index (χ0) is 10.9. The van der Waals surface area contributed by atoms with E-state index in [1.807, 2.05) is 0 Å². The molecule has 0 aliphatic carbocycles. The number of Topliss-reactive ketones (excluding diaryl/α,β-unsaturated/α-hetero) is 1. The highest BCUT2D eigenvalue weighted by Gasteiger charge is 2.18. The summed E-state index contributed by atoms with van der Waals surface area (Å²) in [6.45, 7) is 1.19. The third-order valence-electron chi connectivity index (χ3n) is 1.65. The maximum absolute atomic E-state index is 12.7. The van der Waals surface area contributed by atoms with E-state index in [4.69, 9.17) is 5.11 Å². The minimum Gasteiger partial charge on any atom is -0.505 e. The highest BCUT2D eigenvalue weighted by Crippen LogP contribution is 2.26. The van der Waals surface area contributed by atoms with E-state index >= 15 is 0 Å². The fourth-order valence-electron chi connectivity index (χ4n) is 1.04. The van der Waals surface area contributed by atoms with Gasteiger partial charge in [-0.3, -0.25) is 4.79 Å². The van der Waals surface area contributed by atoms with Crippen LogP contribution in [0.1, 0.15) is 12.5 Å². The number of benzene rings is 1. The Balaban J connectivity index is 3.25. The second-order valence-corrected chi connectivity index (χ2v) is 2.87. The smallest absolute Gasteiger partial charge is 0.203 e.